The Labute approximate surface area is 88.8 Å². The van der Waals surface area contributed by atoms with Crippen LogP contribution in [-0.4, -0.2) is 21.4 Å². The van der Waals surface area contributed by atoms with Crippen LogP contribution in [0.15, 0.2) is 17.1 Å². The van der Waals surface area contributed by atoms with Gasteiger partial charge in [0.1, 0.15) is 0 Å². The Hall–Kier alpha value is -1.29. The zero-order chi connectivity index (χ0) is 11.6. The van der Waals surface area contributed by atoms with Gasteiger partial charge in [0.25, 0.3) is 0 Å². The van der Waals surface area contributed by atoms with Crippen LogP contribution in [-0.2, 0) is 12.0 Å². The molecule has 1 aromatic rings. The second kappa shape index (κ2) is 4.06. The van der Waals surface area contributed by atoms with E-state index < -0.39 is 5.54 Å². The molecule has 84 valence electrons. The Morgan fingerprint density at radius 3 is 2.53 bits per heavy atom. The van der Waals surface area contributed by atoms with E-state index in [9.17, 15) is 15.0 Å². The highest BCUT2D eigenvalue weighted by Crippen LogP contribution is 2.21. The van der Waals surface area contributed by atoms with E-state index in [1.54, 1.807) is 10.8 Å². The van der Waals surface area contributed by atoms with E-state index in [0.717, 1.165) is 0 Å². The first-order valence-electron chi connectivity index (χ1n) is 4.99. The lowest BCUT2D eigenvalue weighted by Gasteiger charge is -2.29. The number of aliphatic hydroxyl groups is 1. The van der Waals surface area contributed by atoms with Crippen molar-refractivity contribution in [1.29, 1.82) is 0 Å². The van der Waals surface area contributed by atoms with E-state index in [1.807, 2.05) is 20.8 Å². The Morgan fingerprint density at radius 1 is 1.47 bits per heavy atom. The third kappa shape index (κ3) is 2.04. The average molecular weight is 211 g/mol. The fourth-order valence-electron chi connectivity index (χ4n) is 1.55. The molecule has 0 unspecified atom stereocenters. The van der Waals surface area contributed by atoms with E-state index in [1.165, 1.54) is 6.07 Å². The first-order valence-corrected chi connectivity index (χ1v) is 4.99. The van der Waals surface area contributed by atoms with Crippen molar-refractivity contribution in [3.63, 3.8) is 0 Å². The molecular formula is C11H17NO3. The van der Waals surface area contributed by atoms with E-state index in [4.69, 9.17) is 0 Å². The lowest BCUT2D eigenvalue weighted by Crippen LogP contribution is -2.33. The number of pyridine rings is 1. The Kier molecular flexibility index (Phi) is 3.19. The topological polar surface area (TPSA) is 62.5 Å². The van der Waals surface area contributed by atoms with Crippen molar-refractivity contribution in [1.82, 2.24) is 4.57 Å². The monoisotopic (exact) mass is 211 g/mol. The second-order valence-electron chi connectivity index (χ2n) is 4.17. The number of hydrogen-bond donors (Lipinski definition) is 2. The predicted molar refractivity (Wildman–Crippen MR) is 58.2 cm³/mol. The van der Waals surface area contributed by atoms with Crippen LogP contribution in [0.2, 0.25) is 0 Å². The Balaban J connectivity index is 3.44. The molecule has 4 heteroatoms. The molecule has 0 bridgehead atoms. The molecule has 0 spiro atoms. The summed E-state index contributed by atoms with van der Waals surface area (Å²) in [6, 6.07) is 1.31. The van der Waals surface area contributed by atoms with Crippen molar-refractivity contribution in [2.24, 2.45) is 0 Å². The van der Waals surface area contributed by atoms with Crippen LogP contribution in [0.1, 0.15) is 26.5 Å². The number of aliphatic hydroxyl groups excluding tert-OH is 1. The van der Waals surface area contributed by atoms with E-state index in [0.29, 0.717) is 12.1 Å². The highest BCUT2D eigenvalue weighted by Gasteiger charge is 2.22. The first-order chi connectivity index (χ1) is 6.94. The molecule has 15 heavy (non-hydrogen) atoms. The number of aromatic nitrogens is 1. The van der Waals surface area contributed by atoms with Gasteiger partial charge >= 0.3 is 0 Å². The fourth-order valence-corrected chi connectivity index (χ4v) is 1.55. The molecule has 2 N–H and O–H groups in total. The summed E-state index contributed by atoms with van der Waals surface area (Å²) < 4.78 is 1.74. The van der Waals surface area contributed by atoms with Crippen molar-refractivity contribution >= 4 is 0 Å². The van der Waals surface area contributed by atoms with Gasteiger partial charge in [-0.25, -0.2) is 0 Å². The van der Waals surface area contributed by atoms with Crippen LogP contribution in [0.4, 0.5) is 0 Å². The molecule has 0 aliphatic carbocycles. The molecule has 1 aromatic heterocycles. The van der Waals surface area contributed by atoms with Gasteiger partial charge in [-0.05, 0) is 20.3 Å². The van der Waals surface area contributed by atoms with Gasteiger partial charge in [-0.15, -0.1) is 0 Å². The number of hydrogen-bond acceptors (Lipinski definition) is 3. The van der Waals surface area contributed by atoms with Crippen molar-refractivity contribution in [2.75, 3.05) is 6.61 Å². The molecule has 0 atom stereocenters. The minimum Gasteiger partial charge on any atom is -0.503 e. The smallest absolute Gasteiger partial charge is 0.223 e. The molecule has 1 heterocycles. The van der Waals surface area contributed by atoms with Crippen LogP contribution >= 0.6 is 0 Å². The SMILES string of the molecule is CCc1c(O)c(=O)ccn1C(C)(C)CO. The minimum absolute atomic E-state index is 0.0533. The maximum Gasteiger partial charge on any atom is 0.223 e. The summed E-state index contributed by atoms with van der Waals surface area (Å²) in [7, 11) is 0. The third-order valence-corrected chi connectivity index (χ3v) is 2.55. The Bertz CT molecular complexity index is 407. The number of nitrogens with zero attached hydrogens (tertiary/aromatic N) is 1. The van der Waals surface area contributed by atoms with Crippen molar-refractivity contribution in [3.05, 3.63) is 28.2 Å². The highest BCUT2D eigenvalue weighted by molar-refractivity contribution is 5.27. The van der Waals surface area contributed by atoms with Gasteiger partial charge in [0.2, 0.25) is 5.43 Å². The van der Waals surface area contributed by atoms with Crippen LogP contribution in [0.3, 0.4) is 0 Å². The molecule has 0 aromatic carbocycles. The molecular weight excluding hydrogens is 194 g/mol. The summed E-state index contributed by atoms with van der Waals surface area (Å²) in [5, 5.41) is 18.9. The van der Waals surface area contributed by atoms with Gasteiger partial charge in [0.15, 0.2) is 5.75 Å². The van der Waals surface area contributed by atoms with Gasteiger partial charge < -0.3 is 14.8 Å². The van der Waals surface area contributed by atoms with Gasteiger partial charge in [-0.2, -0.15) is 0 Å². The molecule has 0 amide bonds. The predicted octanol–water partition coefficient (Wildman–Crippen LogP) is 0.844. The Morgan fingerprint density at radius 2 is 2.07 bits per heavy atom. The minimum atomic E-state index is -0.517. The first kappa shape index (κ1) is 11.8. The summed E-state index contributed by atoms with van der Waals surface area (Å²) in [5.74, 6) is -0.221. The van der Waals surface area contributed by atoms with Crippen LogP contribution in [0.25, 0.3) is 0 Å². The standard InChI is InChI=1S/C11H17NO3/c1-4-8-10(15)9(14)5-6-12(8)11(2,3)7-13/h5-6,13,15H,4,7H2,1-3H3. The van der Waals surface area contributed by atoms with Crippen LogP contribution in [0.5, 0.6) is 5.75 Å². The maximum absolute atomic E-state index is 11.2. The summed E-state index contributed by atoms with van der Waals surface area (Å²) in [6.45, 7) is 5.49. The largest absolute Gasteiger partial charge is 0.503 e. The van der Waals surface area contributed by atoms with Crippen molar-refractivity contribution in [3.8, 4) is 5.75 Å². The van der Waals surface area contributed by atoms with Gasteiger partial charge in [0, 0.05) is 12.3 Å². The van der Waals surface area contributed by atoms with Crippen molar-refractivity contribution in [2.45, 2.75) is 32.7 Å². The van der Waals surface area contributed by atoms with Gasteiger partial charge in [0.05, 0.1) is 17.8 Å². The molecule has 0 aliphatic heterocycles. The molecule has 4 nitrogen and oxygen atoms in total. The third-order valence-electron chi connectivity index (χ3n) is 2.55. The summed E-state index contributed by atoms with van der Waals surface area (Å²) >= 11 is 0. The highest BCUT2D eigenvalue weighted by atomic mass is 16.3. The summed E-state index contributed by atoms with van der Waals surface area (Å²) in [4.78, 5) is 11.2. The summed E-state index contributed by atoms with van der Waals surface area (Å²) in [6.07, 6.45) is 2.16. The second-order valence-corrected chi connectivity index (χ2v) is 4.17. The number of aromatic hydroxyl groups is 1. The fraction of sp³-hybridized carbons (Fsp3) is 0.545. The quantitative estimate of drug-likeness (QED) is 0.779. The summed E-state index contributed by atoms with van der Waals surface area (Å²) in [5.41, 5.74) is -0.338. The molecule has 1 rings (SSSR count). The van der Waals surface area contributed by atoms with Crippen molar-refractivity contribution < 1.29 is 10.2 Å². The lowest BCUT2D eigenvalue weighted by atomic mass is 10.0. The maximum atomic E-state index is 11.2. The zero-order valence-electron chi connectivity index (χ0n) is 9.32. The van der Waals surface area contributed by atoms with E-state index in [-0.39, 0.29) is 17.8 Å². The van der Waals surface area contributed by atoms with Crippen LogP contribution in [0, 0.1) is 0 Å². The normalized spacial score (nSPS) is 11.7. The van der Waals surface area contributed by atoms with Crippen LogP contribution < -0.4 is 5.43 Å². The number of rotatable bonds is 3. The molecule has 0 saturated carbocycles. The van der Waals surface area contributed by atoms with E-state index in [2.05, 4.69) is 0 Å². The molecule has 0 aliphatic rings. The van der Waals surface area contributed by atoms with E-state index >= 15 is 0 Å². The van der Waals surface area contributed by atoms with Gasteiger partial charge in [-0.1, -0.05) is 6.92 Å². The zero-order valence-corrected chi connectivity index (χ0v) is 9.32. The lowest BCUT2D eigenvalue weighted by molar-refractivity contribution is 0.159. The average Bonchev–Trinajstić information content (AvgIpc) is 2.21. The molecule has 0 fully saturated rings. The molecule has 0 saturated heterocycles. The van der Waals surface area contributed by atoms with Gasteiger partial charge in [-0.3, -0.25) is 4.79 Å². The molecule has 0 radical (unpaired) electrons.